The average molecular weight is 361 g/mol. The Morgan fingerprint density at radius 2 is 1.54 bits per heavy atom. The highest BCUT2D eigenvalue weighted by molar-refractivity contribution is 5.79. The molecule has 3 heteroatoms. The first-order chi connectivity index (χ1) is 12.3. The highest BCUT2D eigenvalue weighted by Crippen LogP contribution is 2.67. The summed E-state index contributed by atoms with van der Waals surface area (Å²) in [5.41, 5.74) is 0.667. The lowest BCUT2D eigenvalue weighted by Crippen LogP contribution is -2.54. The number of hydrogen-bond donors (Lipinski definition) is 0. The summed E-state index contributed by atoms with van der Waals surface area (Å²) >= 11 is 0. The van der Waals surface area contributed by atoms with Crippen molar-refractivity contribution in [1.82, 2.24) is 0 Å². The van der Waals surface area contributed by atoms with Gasteiger partial charge in [0.05, 0.1) is 0 Å². The second kappa shape index (κ2) is 6.34. The first-order valence-corrected chi connectivity index (χ1v) is 10.9. The van der Waals surface area contributed by atoms with Gasteiger partial charge >= 0.3 is 5.97 Å². The molecule has 0 aromatic carbocycles. The third-order valence-electron chi connectivity index (χ3n) is 9.44. The molecule has 0 spiro atoms. The maximum atomic E-state index is 12.2. The Hall–Kier alpha value is -0.860. The molecule has 4 saturated carbocycles. The van der Waals surface area contributed by atoms with Crippen LogP contribution >= 0.6 is 0 Å². The molecule has 8 atom stereocenters. The number of carbonyl (C=O) groups is 2. The van der Waals surface area contributed by atoms with Crippen LogP contribution in [0.4, 0.5) is 0 Å². The van der Waals surface area contributed by atoms with E-state index in [1.165, 1.54) is 45.4 Å². The maximum absolute atomic E-state index is 12.2. The van der Waals surface area contributed by atoms with E-state index in [0.29, 0.717) is 23.0 Å². The Labute approximate surface area is 158 Å². The van der Waals surface area contributed by atoms with Crippen molar-refractivity contribution in [2.45, 2.75) is 91.6 Å². The highest BCUT2D eigenvalue weighted by Gasteiger charge is 2.60. The number of carbonyl (C=O) groups excluding carboxylic acids is 2. The van der Waals surface area contributed by atoms with Crippen LogP contribution in [0.1, 0.15) is 85.5 Å². The summed E-state index contributed by atoms with van der Waals surface area (Å²) in [4.78, 5) is 23.6. The fourth-order valence-electron chi connectivity index (χ4n) is 8.23. The van der Waals surface area contributed by atoms with E-state index in [9.17, 15) is 9.59 Å². The molecule has 26 heavy (non-hydrogen) atoms. The summed E-state index contributed by atoms with van der Waals surface area (Å²) in [7, 11) is 0. The fourth-order valence-corrected chi connectivity index (χ4v) is 8.23. The van der Waals surface area contributed by atoms with E-state index in [2.05, 4.69) is 13.8 Å². The maximum Gasteiger partial charge on any atom is 0.302 e. The van der Waals surface area contributed by atoms with Gasteiger partial charge in [-0.3, -0.25) is 9.59 Å². The van der Waals surface area contributed by atoms with Crippen LogP contribution in [0.5, 0.6) is 0 Å². The van der Waals surface area contributed by atoms with E-state index in [-0.39, 0.29) is 17.5 Å². The predicted molar refractivity (Wildman–Crippen MR) is 101 cm³/mol. The van der Waals surface area contributed by atoms with E-state index in [0.717, 1.165) is 37.0 Å². The smallest absolute Gasteiger partial charge is 0.302 e. The number of rotatable bonds is 2. The quantitative estimate of drug-likeness (QED) is 0.638. The molecule has 4 rings (SSSR count). The summed E-state index contributed by atoms with van der Waals surface area (Å²) in [6.45, 7) is 8.33. The van der Waals surface area contributed by atoms with Crippen LogP contribution in [0.15, 0.2) is 0 Å². The van der Waals surface area contributed by atoms with E-state index < -0.39 is 0 Å². The first-order valence-electron chi connectivity index (χ1n) is 10.9. The largest absolute Gasteiger partial charge is 0.463 e. The van der Waals surface area contributed by atoms with Gasteiger partial charge in [0.1, 0.15) is 11.9 Å². The van der Waals surface area contributed by atoms with E-state index in [1.807, 2.05) is 6.92 Å². The Kier molecular flexibility index (Phi) is 4.51. The molecule has 0 N–H and O–H groups in total. The molecule has 4 fully saturated rings. The normalized spacial score (nSPS) is 50.3. The summed E-state index contributed by atoms with van der Waals surface area (Å²) in [5.74, 6) is 3.68. The summed E-state index contributed by atoms with van der Waals surface area (Å²) in [6, 6.07) is 0. The van der Waals surface area contributed by atoms with E-state index >= 15 is 0 Å². The van der Waals surface area contributed by atoms with Crippen LogP contribution in [0.25, 0.3) is 0 Å². The van der Waals surface area contributed by atoms with Crippen molar-refractivity contribution in [3.05, 3.63) is 0 Å². The Morgan fingerprint density at radius 1 is 0.846 bits per heavy atom. The molecule has 0 aromatic heterocycles. The van der Waals surface area contributed by atoms with Crippen LogP contribution in [0.3, 0.4) is 0 Å². The van der Waals surface area contributed by atoms with Gasteiger partial charge in [-0.25, -0.2) is 0 Å². The molecule has 0 heterocycles. The molecule has 146 valence electrons. The van der Waals surface area contributed by atoms with Gasteiger partial charge in [0, 0.05) is 12.8 Å². The van der Waals surface area contributed by atoms with Crippen LogP contribution in [-0.4, -0.2) is 17.9 Å². The van der Waals surface area contributed by atoms with Gasteiger partial charge in [-0.1, -0.05) is 13.8 Å². The van der Waals surface area contributed by atoms with Crippen LogP contribution in [0, 0.1) is 40.4 Å². The minimum atomic E-state index is -0.123. The number of ether oxygens (including phenoxy) is 1. The Bertz CT molecular complexity index is 598. The third-order valence-corrected chi connectivity index (χ3v) is 9.44. The summed E-state index contributed by atoms with van der Waals surface area (Å²) in [6.07, 6.45) is 11.0. The number of esters is 1. The van der Waals surface area contributed by atoms with Crippen LogP contribution < -0.4 is 0 Å². The molecular weight excluding hydrogens is 324 g/mol. The molecule has 3 nitrogen and oxygen atoms in total. The van der Waals surface area contributed by atoms with Crippen molar-refractivity contribution < 1.29 is 14.3 Å². The minimum Gasteiger partial charge on any atom is -0.463 e. The van der Waals surface area contributed by atoms with Gasteiger partial charge in [0.25, 0.3) is 0 Å². The van der Waals surface area contributed by atoms with Crippen LogP contribution in [-0.2, 0) is 14.3 Å². The molecule has 0 aliphatic heterocycles. The van der Waals surface area contributed by atoms with Gasteiger partial charge in [-0.05, 0) is 99.2 Å². The molecule has 4 aliphatic rings. The van der Waals surface area contributed by atoms with Gasteiger partial charge in [0.15, 0.2) is 0 Å². The standard InChI is InChI=1S/C23H36O3/c1-14(24)19-7-8-20-18-6-5-16-13-17(26-15(2)25)9-11-22(16,3)21(18)10-12-23(19,20)4/h16-21H,5-13H2,1-4H3/t16-,17?,18-,19+,20-,21-,22-,23+/m0/s1. The van der Waals surface area contributed by atoms with Gasteiger partial charge in [-0.2, -0.15) is 0 Å². The van der Waals surface area contributed by atoms with Crippen molar-refractivity contribution >= 4 is 11.8 Å². The number of fused-ring (bicyclic) bond motifs is 5. The lowest BCUT2D eigenvalue weighted by atomic mass is 9.44. The zero-order chi connectivity index (χ0) is 18.7. The highest BCUT2D eigenvalue weighted by atomic mass is 16.5. The molecule has 0 aromatic rings. The van der Waals surface area contributed by atoms with Gasteiger partial charge < -0.3 is 4.74 Å². The summed E-state index contributed by atoms with van der Waals surface area (Å²) in [5, 5.41) is 0. The molecule has 0 amide bonds. The Morgan fingerprint density at radius 3 is 2.23 bits per heavy atom. The lowest BCUT2D eigenvalue weighted by Gasteiger charge is -2.61. The van der Waals surface area contributed by atoms with Crippen molar-refractivity contribution in [3.8, 4) is 0 Å². The topological polar surface area (TPSA) is 43.4 Å². The second-order valence-electron chi connectivity index (χ2n) is 10.4. The van der Waals surface area contributed by atoms with E-state index in [4.69, 9.17) is 4.74 Å². The zero-order valence-corrected chi connectivity index (χ0v) is 17.1. The molecule has 1 unspecified atom stereocenters. The van der Waals surface area contributed by atoms with Crippen LogP contribution in [0.2, 0.25) is 0 Å². The van der Waals surface area contributed by atoms with Gasteiger partial charge in [0.2, 0.25) is 0 Å². The van der Waals surface area contributed by atoms with Crippen molar-refractivity contribution in [2.24, 2.45) is 40.4 Å². The third kappa shape index (κ3) is 2.67. The van der Waals surface area contributed by atoms with Crippen molar-refractivity contribution in [3.63, 3.8) is 0 Å². The SMILES string of the molecule is CC(=O)OC1CC[C@@]2(C)[C@@H](CC[C@@H]3[C@@H]2CC[C@]2(C)[C@@H](C(C)=O)CC[C@@H]32)C1. The van der Waals surface area contributed by atoms with Crippen molar-refractivity contribution in [2.75, 3.05) is 0 Å². The average Bonchev–Trinajstić information content (AvgIpc) is 2.92. The fraction of sp³-hybridized carbons (Fsp3) is 0.913. The zero-order valence-electron chi connectivity index (χ0n) is 17.1. The molecule has 0 radical (unpaired) electrons. The second-order valence-corrected chi connectivity index (χ2v) is 10.4. The minimum absolute atomic E-state index is 0.123. The first kappa shape index (κ1) is 18.5. The molecule has 4 aliphatic carbocycles. The van der Waals surface area contributed by atoms with Crippen molar-refractivity contribution in [1.29, 1.82) is 0 Å². The number of ketones is 1. The Balaban J connectivity index is 1.54. The molecular formula is C23H36O3. The molecule has 0 saturated heterocycles. The molecule has 0 bridgehead atoms. The van der Waals surface area contributed by atoms with Gasteiger partial charge in [-0.15, -0.1) is 0 Å². The monoisotopic (exact) mass is 360 g/mol. The number of Topliss-reactive ketones (excluding diaryl/α,β-unsaturated/α-hetero) is 1. The van der Waals surface area contributed by atoms with E-state index in [1.54, 1.807) is 0 Å². The summed E-state index contributed by atoms with van der Waals surface area (Å²) < 4.78 is 5.57. The predicted octanol–water partition coefficient (Wildman–Crippen LogP) is 5.17. The lowest BCUT2D eigenvalue weighted by molar-refractivity contribution is -0.161. The number of hydrogen-bond acceptors (Lipinski definition) is 3.